The maximum Gasteiger partial charge on any atom is 0.259 e. The Bertz CT molecular complexity index is 685. The molecular formula is C14H10F2N2O. The van der Waals surface area contributed by atoms with Crippen molar-refractivity contribution in [2.75, 3.05) is 10.6 Å². The van der Waals surface area contributed by atoms with E-state index in [1.807, 2.05) is 0 Å². The first-order valence-electron chi connectivity index (χ1n) is 5.72. The van der Waals surface area contributed by atoms with Crippen molar-refractivity contribution in [1.29, 1.82) is 0 Å². The molecule has 96 valence electrons. The minimum Gasteiger partial charge on any atom is -0.398 e. The summed E-state index contributed by atoms with van der Waals surface area (Å²) in [6, 6.07) is 8.15. The highest BCUT2D eigenvalue weighted by molar-refractivity contribution is 6.11. The van der Waals surface area contributed by atoms with Crippen molar-refractivity contribution in [2.45, 2.75) is 6.54 Å². The highest BCUT2D eigenvalue weighted by Crippen LogP contribution is 2.32. The predicted octanol–water partition coefficient (Wildman–Crippen LogP) is 2.71. The summed E-state index contributed by atoms with van der Waals surface area (Å²) >= 11 is 0. The Kier molecular flexibility index (Phi) is 2.48. The molecule has 2 aromatic rings. The summed E-state index contributed by atoms with van der Waals surface area (Å²) in [5.41, 5.74) is 7.50. The number of halogens is 2. The molecule has 3 rings (SSSR count). The molecule has 2 N–H and O–H groups in total. The van der Waals surface area contributed by atoms with Crippen LogP contribution in [0.3, 0.4) is 0 Å². The maximum atomic E-state index is 13.7. The molecule has 3 nitrogen and oxygen atoms in total. The van der Waals surface area contributed by atoms with Gasteiger partial charge in [-0.05, 0) is 24.3 Å². The molecule has 1 aliphatic heterocycles. The Labute approximate surface area is 108 Å². The standard InChI is InChI=1S/C14H10F2N2O/c15-8-4-5-13(11(16)6-8)18-7-10-9(14(18)19)2-1-3-12(10)17/h1-6H,7,17H2. The molecule has 1 heterocycles. The number of fused-ring (bicyclic) bond motifs is 1. The number of nitrogen functional groups attached to an aromatic ring is 1. The molecule has 0 unspecified atom stereocenters. The second-order valence-electron chi connectivity index (χ2n) is 4.36. The molecule has 0 saturated heterocycles. The Hall–Kier alpha value is -2.43. The van der Waals surface area contributed by atoms with Crippen LogP contribution in [0.4, 0.5) is 20.2 Å². The molecule has 0 aromatic heterocycles. The molecule has 0 fully saturated rings. The normalized spacial score (nSPS) is 13.8. The van der Waals surface area contributed by atoms with Crippen molar-refractivity contribution in [3.63, 3.8) is 0 Å². The van der Waals surface area contributed by atoms with Crippen molar-refractivity contribution in [1.82, 2.24) is 0 Å². The van der Waals surface area contributed by atoms with Gasteiger partial charge >= 0.3 is 0 Å². The van der Waals surface area contributed by atoms with Gasteiger partial charge in [0.2, 0.25) is 0 Å². The van der Waals surface area contributed by atoms with E-state index in [0.29, 0.717) is 16.8 Å². The summed E-state index contributed by atoms with van der Waals surface area (Å²) in [6.45, 7) is 0.198. The number of benzene rings is 2. The van der Waals surface area contributed by atoms with Gasteiger partial charge in [-0.25, -0.2) is 8.78 Å². The van der Waals surface area contributed by atoms with Gasteiger partial charge in [-0.2, -0.15) is 0 Å². The first kappa shape index (κ1) is 11.6. The van der Waals surface area contributed by atoms with E-state index in [0.717, 1.165) is 12.1 Å². The lowest BCUT2D eigenvalue weighted by atomic mass is 10.1. The van der Waals surface area contributed by atoms with E-state index >= 15 is 0 Å². The van der Waals surface area contributed by atoms with Gasteiger partial charge in [0.25, 0.3) is 5.91 Å². The summed E-state index contributed by atoms with van der Waals surface area (Å²) < 4.78 is 26.6. The van der Waals surface area contributed by atoms with Gasteiger partial charge in [0.05, 0.1) is 12.2 Å². The van der Waals surface area contributed by atoms with Crippen LogP contribution in [0.25, 0.3) is 0 Å². The summed E-state index contributed by atoms with van der Waals surface area (Å²) in [5, 5.41) is 0. The van der Waals surface area contributed by atoms with Crippen LogP contribution < -0.4 is 10.6 Å². The van der Waals surface area contributed by atoms with Gasteiger partial charge in [-0.1, -0.05) is 6.07 Å². The van der Waals surface area contributed by atoms with Crippen molar-refractivity contribution in [3.05, 3.63) is 59.2 Å². The van der Waals surface area contributed by atoms with Gasteiger partial charge in [-0.3, -0.25) is 4.79 Å². The Morgan fingerprint density at radius 2 is 1.95 bits per heavy atom. The average molecular weight is 260 g/mol. The quantitative estimate of drug-likeness (QED) is 0.801. The highest BCUT2D eigenvalue weighted by Gasteiger charge is 2.31. The SMILES string of the molecule is Nc1cccc2c1CN(c1ccc(F)cc1F)C2=O. The monoisotopic (exact) mass is 260 g/mol. The van der Waals surface area contributed by atoms with Crippen LogP contribution in [-0.2, 0) is 6.54 Å². The highest BCUT2D eigenvalue weighted by atomic mass is 19.1. The number of nitrogens with zero attached hydrogens (tertiary/aromatic N) is 1. The lowest BCUT2D eigenvalue weighted by molar-refractivity contribution is 0.0995. The van der Waals surface area contributed by atoms with E-state index in [2.05, 4.69) is 0 Å². The second kappa shape index (κ2) is 4.05. The van der Waals surface area contributed by atoms with E-state index in [9.17, 15) is 13.6 Å². The molecule has 0 aliphatic carbocycles. The average Bonchev–Trinajstić information content (AvgIpc) is 2.69. The summed E-state index contributed by atoms with van der Waals surface area (Å²) in [6.07, 6.45) is 0. The molecule has 0 radical (unpaired) electrons. The number of carbonyl (C=O) groups excluding carboxylic acids is 1. The number of hydrogen-bond acceptors (Lipinski definition) is 2. The molecule has 2 aromatic carbocycles. The van der Waals surface area contributed by atoms with Gasteiger partial charge in [0.15, 0.2) is 0 Å². The zero-order chi connectivity index (χ0) is 13.6. The zero-order valence-electron chi connectivity index (χ0n) is 9.86. The van der Waals surface area contributed by atoms with E-state index in [1.54, 1.807) is 18.2 Å². The fourth-order valence-electron chi connectivity index (χ4n) is 2.25. The van der Waals surface area contributed by atoms with E-state index in [1.165, 1.54) is 11.0 Å². The third kappa shape index (κ3) is 1.74. The Morgan fingerprint density at radius 1 is 1.16 bits per heavy atom. The topological polar surface area (TPSA) is 46.3 Å². The zero-order valence-corrected chi connectivity index (χ0v) is 9.86. The second-order valence-corrected chi connectivity index (χ2v) is 4.36. The fraction of sp³-hybridized carbons (Fsp3) is 0.0714. The minimum atomic E-state index is -0.764. The largest absolute Gasteiger partial charge is 0.398 e. The van der Waals surface area contributed by atoms with Gasteiger partial charge in [-0.15, -0.1) is 0 Å². The molecule has 0 spiro atoms. The summed E-state index contributed by atoms with van der Waals surface area (Å²) in [4.78, 5) is 13.5. The molecule has 1 aliphatic rings. The Morgan fingerprint density at radius 3 is 2.63 bits per heavy atom. The number of hydrogen-bond donors (Lipinski definition) is 1. The molecule has 0 atom stereocenters. The third-order valence-electron chi connectivity index (χ3n) is 3.20. The van der Waals surface area contributed by atoms with E-state index in [4.69, 9.17) is 5.73 Å². The minimum absolute atomic E-state index is 0.0574. The molecule has 1 amide bonds. The first-order valence-corrected chi connectivity index (χ1v) is 5.72. The molecule has 19 heavy (non-hydrogen) atoms. The van der Waals surface area contributed by atoms with Crippen LogP contribution in [-0.4, -0.2) is 5.91 Å². The van der Waals surface area contributed by atoms with Crippen molar-refractivity contribution < 1.29 is 13.6 Å². The van der Waals surface area contributed by atoms with Crippen LogP contribution in [0.5, 0.6) is 0 Å². The number of anilines is 2. The lowest BCUT2D eigenvalue weighted by Gasteiger charge is -2.16. The van der Waals surface area contributed by atoms with E-state index in [-0.39, 0.29) is 18.1 Å². The van der Waals surface area contributed by atoms with Crippen molar-refractivity contribution in [3.8, 4) is 0 Å². The van der Waals surface area contributed by atoms with Crippen LogP contribution >= 0.6 is 0 Å². The molecular weight excluding hydrogens is 250 g/mol. The molecule has 0 bridgehead atoms. The third-order valence-corrected chi connectivity index (χ3v) is 3.20. The number of carbonyl (C=O) groups is 1. The number of amides is 1. The molecule has 5 heteroatoms. The van der Waals surface area contributed by atoms with Gasteiger partial charge in [0.1, 0.15) is 11.6 Å². The van der Waals surface area contributed by atoms with Crippen LogP contribution in [0, 0.1) is 11.6 Å². The van der Waals surface area contributed by atoms with Crippen molar-refractivity contribution >= 4 is 17.3 Å². The van der Waals surface area contributed by atoms with Gasteiger partial charge < -0.3 is 10.6 Å². The predicted molar refractivity (Wildman–Crippen MR) is 67.7 cm³/mol. The van der Waals surface area contributed by atoms with Gasteiger partial charge in [0, 0.05) is 22.9 Å². The van der Waals surface area contributed by atoms with Crippen LogP contribution in [0.1, 0.15) is 15.9 Å². The lowest BCUT2D eigenvalue weighted by Crippen LogP contribution is -2.24. The van der Waals surface area contributed by atoms with E-state index < -0.39 is 11.6 Å². The maximum absolute atomic E-state index is 13.7. The summed E-state index contributed by atoms with van der Waals surface area (Å²) in [7, 11) is 0. The smallest absolute Gasteiger partial charge is 0.259 e. The number of nitrogens with two attached hydrogens (primary N) is 1. The summed E-state index contributed by atoms with van der Waals surface area (Å²) in [5.74, 6) is -1.77. The fourth-order valence-corrected chi connectivity index (χ4v) is 2.25. The van der Waals surface area contributed by atoms with Crippen LogP contribution in [0.15, 0.2) is 36.4 Å². The van der Waals surface area contributed by atoms with Crippen LogP contribution in [0.2, 0.25) is 0 Å². The number of rotatable bonds is 1. The first-order chi connectivity index (χ1) is 9.08. The Balaban J connectivity index is 2.06. The van der Waals surface area contributed by atoms with Crippen molar-refractivity contribution in [2.24, 2.45) is 0 Å². The molecule has 0 saturated carbocycles.